The van der Waals surface area contributed by atoms with Gasteiger partial charge in [0.1, 0.15) is 0 Å². The number of hydrogen-bond donors (Lipinski definition) is 2. The lowest BCUT2D eigenvalue weighted by molar-refractivity contribution is -0.136. The Labute approximate surface area is 103 Å². The van der Waals surface area contributed by atoms with Crippen LogP contribution in [0.2, 0.25) is 0 Å². The van der Waals surface area contributed by atoms with E-state index in [1.165, 1.54) is 6.07 Å². The molecule has 2 aromatic carbocycles. The summed E-state index contributed by atoms with van der Waals surface area (Å²) in [5.74, 6) is -0.940. The average molecular weight is 263 g/mol. The van der Waals surface area contributed by atoms with Gasteiger partial charge in [0.05, 0.1) is 17.0 Å². The van der Waals surface area contributed by atoms with Gasteiger partial charge in [-0.25, -0.2) is 8.42 Å². The van der Waals surface area contributed by atoms with Gasteiger partial charge in [-0.15, -0.1) is 0 Å². The van der Waals surface area contributed by atoms with Crippen molar-refractivity contribution in [2.24, 2.45) is 0 Å². The van der Waals surface area contributed by atoms with Crippen LogP contribution in [-0.4, -0.2) is 19.5 Å². The van der Waals surface area contributed by atoms with Gasteiger partial charge in [-0.2, -0.15) is 0 Å². The molecule has 0 bridgehead atoms. The highest BCUT2D eigenvalue weighted by Gasteiger charge is 2.27. The smallest absolute Gasteiger partial charge is 0.307 e. The van der Waals surface area contributed by atoms with Crippen molar-refractivity contribution >= 4 is 32.5 Å². The van der Waals surface area contributed by atoms with Crippen LogP contribution in [-0.2, 0) is 21.2 Å². The van der Waals surface area contributed by atoms with Gasteiger partial charge >= 0.3 is 5.97 Å². The summed E-state index contributed by atoms with van der Waals surface area (Å²) in [6.45, 7) is 0. The fourth-order valence-corrected chi connectivity index (χ4v) is 3.57. The summed E-state index contributed by atoms with van der Waals surface area (Å²) >= 11 is 0. The van der Waals surface area contributed by atoms with E-state index in [0.717, 1.165) is 0 Å². The van der Waals surface area contributed by atoms with E-state index in [9.17, 15) is 13.2 Å². The SMILES string of the molecule is O=C(O)Cc1ccc2c3c(cccc13)NS2(=O)=O. The molecule has 0 saturated carbocycles. The number of aliphatic carboxylic acids is 1. The van der Waals surface area contributed by atoms with Crippen molar-refractivity contribution < 1.29 is 18.3 Å². The summed E-state index contributed by atoms with van der Waals surface area (Å²) in [7, 11) is -3.50. The van der Waals surface area contributed by atoms with E-state index >= 15 is 0 Å². The molecule has 0 aliphatic carbocycles. The number of benzene rings is 2. The second kappa shape index (κ2) is 3.46. The number of carbonyl (C=O) groups is 1. The summed E-state index contributed by atoms with van der Waals surface area (Å²) in [6.07, 6.45) is -0.125. The first-order valence-electron chi connectivity index (χ1n) is 5.28. The molecular weight excluding hydrogens is 254 g/mol. The lowest BCUT2D eigenvalue weighted by Gasteiger charge is -2.04. The highest BCUT2D eigenvalue weighted by Crippen LogP contribution is 2.38. The maximum absolute atomic E-state index is 11.8. The third kappa shape index (κ3) is 1.46. The van der Waals surface area contributed by atoms with Gasteiger partial charge in [0.15, 0.2) is 0 Å². The van der Waals surface area contributed by atoms with Crippen LogP contribution in [0.3, 0.4) is 0 Å². The fourth-order valence-electron chi connectivity index (χ4n) is 2.26. The zero-order chi connectivity index (χ0) is 12.9. The summed E-state index contributed by atoms with van der Waals surface area (Å²) < 4.78 is 26.1. The molecule has 0 saturated heterocycles. The van der Waals surface area contributed by atoms with Gasteiger partial charge in [-0.1, -0.05) is 18.2 Å². The summed E-state index contributed by atoms with van der Waals surface area (Å²) in [6, 6.07) is 8.13. The molecule has 0 fully saturated rings. The normalized spacial score (nSPS) is 15.6. The van der Waals surface area contributed by atoms with Crippen LogP contribution in [0.4, 0.5) is 5.69 Å². The van der Waals surface area contributed by atoms with Gasteiger partial charge in [0.2, 0.25) is 0 Å². The molecule has 0 radical (unpaired) electrons. The molecule has 5 nitrogen and oxygen atoms in total. The minimum atomic E-state index is -3.50. The van der Waals surface area contributed by atoms with Crippen LogP contribution in [0.5, 0.6) is 0 Å². The lowest BCUT2D eigenvalue weighted by atomic mass is 10.0. The Morgan fingerprint density at radius 2 is 2.00 bits per heavy atom. The Kier molecular flexibility index (Phi) is 2.12. The van der Waals surface area contributed by atoms with Crippen molar-refractivity contribution in [3.63, 3.8) is 0 Å². The third-order valence-electron chi connectivity index (χ3n) is 2.97. The summed E-state index contributed by atoms with van der Waals surface area (Å²) in [4.78, 5) is 11.0. The standard InChI is InChI=1S/C12H9NO4S/c14-11(15)6-7-4-5-10-12-8(7)2-1-3-9(12)13-18(10,16)17/h1-5,13H,6H2,(H,14,15). The molecule has 2 N–H and O–H groups in total. The van der Waals surface area contributed by atoms with E-state index in [2.05, 4.69) is 4.72 Å². The Hall–Kier alpha value is -2.08. The molecule has 92 valence electrons. The molecule has 0 aromatic heterocycles. The minimum absolute atomic E-state index is 0.125. The van der Waals surface area contributed by atoms with Gasteiger partial charge in [0, 0.05) is 5.39 Å². The number of carboxylic acid groups (broad SMARTS) is 1. The molecule has 1 heterocycles. The first-order chi connectivity index (χ1) is 8.49. The quantitative estimate of drug-likeness (QED) is 0.861. The van der Waals surface area contributed by atoms with E-state index in [-0.39, 0.29) is 11.3 Å². The first-order valence-corrected chi connectivity index (χ1v) is 6.76. The first kappa shape index (κ1) is 11.0. The fraction of sp³-hybridized carbons (Fsp3) is 0.0833. The Bertz CT molecular complexity index is 780. The Balaban J connectivity index is 2.39. The van der Waals surface area contributed by atoms with E-state index in [1.54, 1.807) is 24.3 Å². The average Bonchev–Trinajstić information content (AvgIpc) is 2.54. The van der Waals surface area contributed by atoms with Crippen molar-refractivity contribution in [2.75, 3.05) is 4.72 Å². The topological polar surface area (TPSA) is 83.5 Å². The van der Waals surface area contributed by atoms with Crippen molar-refractivity contribution in [1.82, 2.24) is 0 Å². The largest absolute Gasteiger partial charge is 0.481 e. The number of sulfonamides is 1. The molecule has 6 heteroatoms. The highest BCUT2D eigenvalue weighted by atomic mass is 32.2. The van der Waals surface area contributed by atoms with E-state index in [1.807, 2.05) is 0 Å². The Morgan fingerprint density at radius 1 is 1.22 bits per heavy atom. The predicted molar refractivity (Wildman–Crippen MR) is 66.1 cm³/mol. The monoisotopic (exact) mass is 263 g/mol. The van der Waals surface area contributed by atoms with Crippen molar-refractivity contribution in [2.45, 2.75) is 11.3 Å². The van der Waals surface area contributed by atoms with Crippen molar-refractivity contribution in [3.05, 3.63) is 35.9 Å². The van der Waals surface area contributed by atoms with E-state index in [0.29, 0.717) is 22.0 Å². The van der Waals surface area contributed by atoms with E-state index < -0.39 is 16.0 Å². The number of rotatable bonds is 2. The summed E-state index contributed by atoms with van der Waals surface area (Å²) in [5.41, 5.74) is 1.12. The van der Waals surface area contributed by atoms with Crippen LogP contribution in [0.1, 0.15) is 5.56 Å². The van der Waals surface area contributed by atoms with Gasteiger partial charge in [-0.05, 0) is 23.1 Å². The van der Waals surface area contributed by atoms with Crippen molar-refractivity contribution in [1.29, 1.82) is 0 Å². The van der Waals surface area contributed by atoms with Crippen LogP contribution >= 0.6 is 0 Å². The molecule has 1 aliphatic heterocycles. The zero-order valence-electron chi connectivity index (χ0n) is 9.17. The molecule has 2 aromatic rings. The highest BCUT2D eigenvalue weighted by molar-refractivity contribution is 7.93. The minimum Gasteiger partial charge on any atom is -0.481 e. The number of carboxylic acids is 1. The molecule has 18 heavy (non-hydrogen) atoms. The zero-order valence-corrected chi connectivity index (χ0v) is 9.99. The predicted octanol–water partition coefficient (Wildman–Crippen LogP) is 1.58. The molecule has 3 rings (SSSR count). The summed E-state index contributed by atoms with van der Waals surface area (Å²) in [5, 5.41) is 10.1. The van der Waals surface area contributed by atoms with Crippen LogP contribution < -0.4 is 4.72 Å². The second-order valence-electron chi connectivity index (χ2n) is 4.13. The van der Waals surface area contributed by atoms with Crippen LogP contribution in [0, 0.1) is 0 Å². The molecule has 0 spiro atoms. The van der Waals surface area contributed by atoms with Crippen LogP contribution in [0.25, 0.3) is 10.8 Å². The molecular formula is C12H9NO4S. The third-order valence-corrected chi connectivity index (χ3v) is 4.38. The van der Waals surface area contributed by atoms with Crippen LogP contribution in [0.15, 0.2) is 35.2 Å². The van der Waals surface area contributed by atoms with Gasteiger partial charge in [-0.3, -0.25) is 9.52 Å². The van der Waals surface area contributed by atoms with Gasteiger partial charge in [0.25, 0.3) is 10.0 Å². The second-order valence-corrected chi connectivity index (χ2v) is 5.78. The molecule has 0 amide bonds. The van der Waals surface area contributed by atoms with E-state index in [4.69, 9.17) is 5.11 Å². The molecule has 0 atom stereocenters. The number of anilines is 1. The Morgan fingerprint density at radius 3 is 2.72 bits per heavy atom. The molecule has 1 aliphatic rings. The maximum Gasteiger partial charge on any atom is 0.307 e. The maximum atomic E-state index is 11.8. The number of hydrogen-bond acceptors (Lipinski definition) is 3. The number of nitrogens with one attached hydrogen (secondary N) is 1. The van der Waals surface area contributed by atoms with Crippen molar-refractivity contribution in [3.8, 4) is 0 Å². The lowest BCUT2D eigenvalue weighted by Crippen LogP contribution is -2.06. The molecule has 0 unspecified atom stereocenters. The van der Waals surface area contributed by atoms with Gasteiger partial charge < -0.3 is 5.11 Å².